The molecule has 0 aliphatic rings. The molecule has 0 aromatic heterocycles. The third-order valence-corrected chi connectivity index (χ3v) is 2.57. The molecule has 0 fully saturated rings. The summed E-state index contributed by atoms with van der Waals surface area (Å²) in [5, 5.41) is 2.79. The van der Waals surface area contributed by atoms with Crippen molar-refractivity contribution in [2.75, 3.05) is 26.7 Å². The maximum Gasteiger partial charge on any atom is 0.234 e. The number of hydrogen-bond donors (Lipinski definition) is 1. The van der Waals surface area contributed by atoms with Crippen LogP contribution in [0.15, 0.2) is 0 Å². The second kappa shape index (κ2) is 8.28. The van der Waals surface area contributed by atoms with E-state index >= 15 is 0 Å². The van der Waals surface area contributed by atoms with Crippen molar-refractivity contribution in [3.05, 3.63) is 0 Å². The Morgan fingerprint density at radius 1 is 1.25 bits per heavy atom. The van der Waals surface area contributed by atoms with Gasteiger partial charge in [0.2, 0.25) is 5.91 Å². The molecule has 0 heterocycles. The van der Waals surface area contributed by atoms with Crippen LogP contribution in [-0.2, 0) is 9.59 Å². The van der Waals surface area contributed by atoms with E-state index in [9.17, 15) is 9.59 Å². The van der Waals surface area contributed by atoms with E-state index in [1.54, 1.807) is 11.9 Å². The first-order valence-corrected chi connectivity index (χ1v) is 5.99. The average Bonchev–Trinajstić information content (AvgIpc) is 2.24. The Morgan fingerprint density at radius 2 is 1.88 bits per heavy atom. The fraction of sp³-hybridized carbons (Fsp3) is 0.833. The highest BCUT2D eigenvalue weighted by Gasteiger charge is 2.14. The molecule has 0 aliphatic heterocycles. The summed E-state index contributed by atoms with van der Waals surface area (Å²) in [6, 6.07) is 0. The lowest BCUT2D eigenvalue weighted by Gasteiger charge is -2.17. The predicted molar refractivity (Wildman–Crippen MR) is 65.3 cm³/mol. The molecule has 0 saturated carbocycles. The molecular weight excluding hydrogens is 204 g/mol. The summed E-state index contributed by atoms with van der Waals surface area (Å²) in [5.41, 5.74) is 0. The van der Waals surface area contributed by atoms with E-state index in [1.165, 1.54) is 0 Å². The third kappa shape index (κ3) is 6.56. The first-order chi connectivity index (χ1) is 7.51. The molecule has 0 aliphatic carbocycles. The van der Waals surface area contributed by atoms with Crippen LogP contribution in [0.5, 0.6) is 0 Å². The van der Waals surface area contributed by atoms with E-state index in [0.29, 0.717) is 19.6 Å². The number of hydrogen-bond acceptors (Lipinski definition) is 3. The average molecular weight is 228 g/mol. The Labute approximate surface area is 98.4 Å². The number of carbonyl (C=O) groups excluding carboxylic acids is 2. The standard InChI is InChI=1S/C12H24N2O2/c1-5-7-13-12(16)9-14(4)8-11(15)10(3)6-2/h10H,5-9H2,1-4H3,(H,13,16). The van der Waals surface area contributed by atoms with Crippen LogP contribution < -0.4 is 5.32 Å². The molecule has 0 rings (SSSR count). The lowest BCUT2D eigenvalue weighted by Crippen LogP contribution is -2.38. The quantitative estimate of drug-likeness (QED) is 0.676. The van der Waals surface area contributed by atoms with Crippen LogP contribution in [0.25, 0.3) is 0 Å². The molecule has 16 heavy (non-hydrogen) atoms. The molecule has 0 aromatic rings. The fourth-order valence-corrected chi connectivity index (χ4v) is 1.27. The minimum Gasteiger partial charge on any atom is -0.355 e. The number of ketones is 1. The number of Topliss-reactive ketones (excluding diaryl/α,β-unsaturated/α-hetero) is 1. The van der Waals surface area contributed by atoms with Gasteiger partial charge in [-0.1, -0.05) is 20.8 Å². The van der Waals surface area contributed by atoms with Crippen molar-refractivity contribution in [1.29, 1.82) is 0 Å². The minimum atomic E-state index is -0.0127. The van der Waals surface area contributed by atoms with Crippen LogP contribution in [0, 0.1) is 5.92 Å². The van der Waals surface area contributed by atoms with Crippen LogP contribution >= 0.6 is 0 Å². The van der Waals surface area contributed by atoms with Gasteiger partial charge in [0.15, 0.2) is 0 Å². The van der Waals surface area contributed by atoms with Gasteiger partial charge in [0, 0.05) is 12.5 Å². The van der Waals surface area contributed by atoms with Crippen molar-refractivity contribution in [1.82, 2.24) is 10.2 Å². The summed E-state index contributed by atoms with van der Waals surface area (Å²) in [6.45, 7) is 7.28. The molecular formula is C12H24N2O2. The number of amides is 1. The van der Waals surface area contributed by atoms with Crippen molar-refractivity contribution < 1.29 is 9.59 Å². The molecule has 0 aromatic carbocycles. The van der Waals surface area contributed by atoms with Gasteiger partial charge in [0.05, 0.1) is 13.1 Å². The summed E-state index contributed by atoms with van der Waals surface area (Å²) >= 11 is 0. The number of nitrogens with one attached hydrogen (secondary N) is 1. The maximum atomic E-state index is 11.6. The van der Waals surface area contributed by atoms with Crippen molar-refractivity contribution >= 4 is 11.7 Å². The Hall–Kier alpha value is -0.900. The zero-order valence-corrected chi connectivity index (χ0v) is 10.9. The molecule has 94 valence electrons. The van der Waals surface area contributed by atoms with E-state index in [-0.39, 0.29) is 17.6 Å². The summed E-state index contributed by atoms with van der Waals surface area (Å²) in [7, 11) is 1.80. The monoisotopic (exact) mass is 228 g/mol. The molecule has 1 amide bonds. The number of nitrogens with zero attached hydrogens (tertiary/aromatic N) is 1. The van der Waals surface area contributed by atoms with Gasteiger partial charge >= 0.3 is 0 Å². The van der Waals surface area contributed by atoms with E-state index < -0.39 is 0 Å². The Kier molecular flexibility index (Phi) is 7.81. The van der Waals surface area contributed by atoms with E-state index in [2.05, 4.69) is 5.32 Å². The van der Waals surface area contributed by atoms with Crippen molar-refractivity contribution in [2.24, 2.45) is 5.92 Å². The van der Waals surface area contributed by atoms with Crippen LogP contribution in [0.4, 0.5) is 0 Å². The van der Waals surface area contributed by atoms with E-state index in [4.69, 9.17) is 0 Å². The normalized spacial score (nSPS) is 12.6. The molecule has 4 heteroatoms. The van der Waals surface area contributed by atoms with Gasteiger partial charge in [-0.2, -0.15) is 0 Å². The zero-order valence-electron chi connectivity index (χ0n) is 10.9. The second-order valence-electron chi connectivity index (χ2n) is 4.30. The highest BCUT2D eigenvalue weighted by molar-refractivity contribution is 5.83. The van der Waals surface area contributed by atoms with Crippen molar-refractivity contribution in [2.45, 2.75) is 33.6 Å². The summed E-state index contributed by atoms with van der Waals surface area (Å²) in [5.74, 6) is 0.274. The van der Waals surface area contributed by atoms with Gasteiger partial charge < -0.3 is 5.32 Å². The van der Waals surface area contributed by atoms with Gasteiger partial charge in [-0.3, -0.25) is 14.5 Å². The van der Waals surface area contributed by atoms with Crippen molar-refractivity contribution in [3.8, 4) is 0 Å². The first kappa shape index (κ1) is 15.1. The molecule has 0 radical (unpaired) electrons. The minimum absolute atomic E-state index is 0.0127. The molecule has 1 atom stereocenters. The van der Waals surface area contributed by atoms with Gasteiger partial charge in [0.25, 0.3) is 0 Å². The Bertz CT molecular complexity index is 229. The maximum absolute atomic E-state index is 11.6. The number of carbonyl (C=O) groups is 2. The molecule has 0 spiro atoms. The van der Waals surface area contributed by atoms with Crippen LogP contribution in [0.1, 0.15) is 33.6 Å². The Morgan fingerprint density at radius 3 is 2.38 bits per heavy atom. The fourth-order valence-electron chi connectivity index (χ4n) is 1.27. The lowest BCUT2D eigenvalue weighted by molar-refractivity contribution is -0.125. The first-order valence-electron chi connectivity index (χ1n) is 5.99. The third-order valence-electron chi connectivity index (χ3n) is 2.57. The van der Waals surface area contributed by atoms with Crippen LogP contribution in [0.2, 0.25) is 0 Å². The van der Waals surface area contributed by atoms with Crippen molar-refractivity contribution in [3.63, 3.8) is 0 Å². The van der Waals surface area contributed by atoms with Gasteiger partial charge in [-0.05, 0) is 19.9 Å². The molecule has 1 unspecified atom stereocenters. The summed E-state index contributed by atoms with van der Waals surface area (Å²) in [4.78, 5) is 24.7. The molecule has 0 saturated heterocycles. The largest absolute Gasteiger partial charge is 0.355 e. The Balaban J connectivity index is 3.85. The topological polar surface area (TPSA) is 49.4 Å². The molecule has 4 nitrogen and oxygen atoms in total. The second-order valence-corrected chi connectivity index (χ2v) is 4.30. The lowest BCUT2D eigenvalue weighted by atomic mass is 10.0. The SMILES string of the molecule is CCCNC(=O)CN(C)CC(=O)C(C)CC. The predicted octanol–water partition coefficient (Wildman–Crippen LogP) is 1.06. The smallest absolute Gasteiger partial charge is 0.234 e. The van der Waals surface area contributed by atoms with E-state index in [1.807, 2.05) is 20.8 Å². The zero-order chi connectivity index (χ0) is 12.6. The summed E-state index contributed by atoms with van der Waals surface area (Å²) in [6.07, 6.45) is 1.79. The van der Waals surface area contributed by atoms with E-state index in [0.717, 1.165) is 12.8 Å². The molecule has 0 bridgehead atoms. The summed E-state index contributed by atoms with van der Waals surface area (Å²) < 4.78 is 0. The van der Waals surface area contributed by atoms with Crippen LogP contribution in [-0.4, -0.2) is 43.3 Å². The van der Waals surface area contributed by atoms with Gasteiger partial charge in [0.1, 0.15) is 5.78 Å². The highest BCUT2D eigenvalue weighted by atomic mass is 16.2. The van der Waals surface area contributed by atoms with Crippen LogP contribution in [0.3, 0.4) is 0 Å². The number of rotatable bonds is 8. The van der Waals surface area contributed by atoms with Gasteiger partial charge in [-0.15, -0.1) is 0 Å². The van der Waals surface area contributed by atoms with Gasteiger partial charge in [-0.25, -0.2) is 0 Å². The number of likely N-dealkylation sites (N-methyl/N-ethyl adjacent to an activating group) is 1. The molecule has 1 N–H and O–H groups in total. The highest BCUT2D eigenvalue weighted by Crippen LogP contribution is 2.02.